The smallest absolute Gasteiger partial charge is 0.231 e. The summed E-state index contributed by atoms with van der Waals surface area (Å²) in [5.41, 5.74) is 3.68. The van der Waals surface area contributed by atoms with Gasteiger partial charge >= 0.3 is 0 Å². The summed E-state index contributed by atoms with van der Waals surface area (Å²) in [5.74, 6) is 0.426. The van der Waals surface area contributed by atoms with Gasteiger partial charge in [0.05, 0.1) is 5.92 Å². The van der Waals surface area contributed by atoms with Gasteiger partial charge in [-0.15, -0.1) is 0 Å². The van der Waals surface area contributed by atoms with E-state index >= 15 is 0 Å². The normalized spacial score (nSPS) is 20.7. The highest BCUT2D eigenvalue weighted by molar-refractivity contribution is 5.97. The zero-order valence-corrected chi connectivity index (χ0v) is 13.2. The maximum absolute atomic E-state index is 12.9. The molecule has 0 aliphatic carbocycles. The topological polar surface area (TPSA) is 36.4 Å². The predicted octanol–water partition coefficient (Wildman–Crippen LogP) is 2.49. The van der Waals surface area contributed by atoms with Crippen LogP contribution in [0.25, 0.3) is 0 Å². The fourth-order valence-electron chi connectivity index (χ4n) is 3.71. The van der Waals surface area contributed by atoms with E-state index in [1.807, 2.05) is 35.5 Å². The van der Waals surface area contributed by atoms with Gasteiger partial charge in [0, 0.05) is 37.7 Å². The number of benzene rings is 1. The number of carbonyl (C=O) groups excluding carboxylic acids is 1. The third kappa shape index (κ3) is 2.86. The van der Waals surface area contributed by atoms with Crippen LogP contribution in [0, 0.1) is 5.92 Å². The van der Waals surface area contributed by atoms with Crippen molar-refractivity contribution in [1.82, 2.24) is 9.88 Å². The molecule has 1 aromatic heterocycles. The van der Waals surface area contributed by atoms with Gasteiger partial charge in [-0.1, -0.05) is 18.2 Å². The van der Waals surface area contributed by atoms with Crippen LogP contribution in [0.4, 0.5) is 5.69 Å². The lowest BCUT2D eigenvalue weighted by atomic mass is 10.1. The van der Waals surface area contributed by atoms with Gasteiger partial charge in [-0.05, 0) is 48.7 Å². The number of hydrogen-bond donors (Lipinski definition) is 0. The summed E-state index contributed by atoms with van der Waals surface area (Å²) < 4.78 is 0. The maximum atomic E-state index is 12.9. The van der Waals surface area contributed by atoms with Crippen molar-refractivity contribution in [3.63, 3.8) is 0 Å². The standard InChI is InChI=1S/C19H21N3O/c23-19(22-12-8-16-3-1-2-4-18(16)22)17-7-11-21(14-17)13-15-5-9-20-10-6-15/h1-6,9-10,17H,7-8,11-14H2. The second-order valence-corrected chi connectivity index (χ2v) is 6.44. The van der Waals surface area contributed by atoms with Crippen molar-refractivity contribution in [2.24, 2.45) is 5.92 Å². The first-order valence-electron chi connectivity index (χ1n) is 8.32. The Bertz CT molecular complexity index is 701. The van der Waals surface area contributed by atoms with Gasteiger partial charge in [-0.3, -0.25) is 14.7 Å². The molecule has 1 atom stereocenters. The Hall–Kier alpha value is -2.20. The molecule has 1 fully saturated rings. The minimum absolute atomic E-state index is 0.128. The van der Waals surface area contributed by atoms with Crippen LogP contribution in [-0.4, -0.2) is 35.4 Å². The van der Waals surface area contributed by atoms with Crippen LogP contribution >= 0.6 is 0 Å². The fraction of sp³-hybridized carbons (Fsp3) is 0.368. The van der Waals surface area contributed by atoms with Gasteiger partial charge in [-0.25, -0.2) is 0 Å². The van der Waals surface area contributed by atoms with E-state index < -0.39 is 0 Å². The SMILES string of the molecule is O=C(C1CCN(Cc2ccncc2)C1)N1CCc2ccccc21. The van der Waals surface area contributed by atoms with E-state index in [2.05, 4.69) is 28.1 Å². The summed E-state index contributed by atoms with van der Waals surface area (Å²) in [4.78, 5) is 21.3. The van der Waals surface area contributed by atoms with Gasteiger partial charge in [0.2, 0.25) is 5.91 Å². The van der Waals surface area contributed by atoms with E-state index in [1.165, 1.54) is 11.1 Å². The van der Waals surface area contributed by atoms with Crippen molar-refractivity contribution < 1.29 is 4.79 Å². The number of amides is 1. The minimum atomic E-state index is 0.128. The van der Waals surface area contributed by atoms with Gasteiger partial charge in [-0.2, -0.15) is 0 Å². The number of likely N-dealkylation sites (tertiary alicyclic amines) is 1. The molecule has 1 aromatic carbocycles. The largest absolute Gasteiger partial charge is 0.312 e. The molecule has 0 radical (unpaired) electrons. The zero-order chi connectivity index (χ0) is 15.6. The van der Waals surface area contributed by atoms with Crippen molar-refractivity contribution in [3.8, 4) is 0 Å². The van der Waals surface area contributed by atoms with Crippen molar-refractivity contribution in [2.75, 3.05) is 24.5 Å². The fourth-order valence-corrected chi connectivity index (χ4v) is 3.71. The molecule has 2 aliphatic rings. The van der Waals surface area contributed by atoms with E-state index in [4.69, 9.17) is 0 Å². The van der Waals surface area contributed by atoms with E-state index in [0.717, 1.165) is 44.7 Å². The molecule has 23 heavy (non-hydrogen) atoms. The number of para-hydroxylation sites is 1. The van der Waals surface area contributed by atoms with Crippen molar-refractivity contribution >= 4 is 11.6 Å². The second-order valence-electron chi connectivity index (χ2n) is 6.44. The molecule has 2 aliphatic heterocycles. The molecule has 1 amide bonds. The zero-order valence-electron chi connectivity index (χ0n) is 13.2. The lowest BCUT2D eigenvalue weighted by Crippen LogP contribution is -2.36. The molecule has 0 spiro atoms. The Morgan fingerprint density at radius 3 is 2.83 bits per heavy atom. The predicted molar refractivity (Wildman–Crippen MR) is 90.1 cm³/mol. The highest BCUT2D eigenvalue weighted by atomic mass is 16.2. The van der Waals surface area contributed by atoms with Crippen molar-refractivity contribution in [1.29, 1.82) is 0 Å². The third-order valence-electron chi connectivity index (χ3n) is 4.93. The monoisotopic (exact) mass is 307 g/mol. The first-order valence-corrected chi connectivity index (χ1v) is 8.32. The number of nitrogens with zero attached hydrogens (tertiary/aromatic N) is 3. The lowest BCUT2D eigenvalue weighted by molar-refractivity contribution is -0.121. The quantitative estimate of drug-likeness (QED) is 0.874. The van der Waals surface area contributed by atoms with E-state index in [-0.39, 0.29) is 5.92 Å². The number of aromatic nitrogens is 1. The van der Waals surface area contributed by atoms with E-state index in [9.17, 15) is 4.79 Å². The minimum Gasteiger partial charge on any atom is -0.312 e. The molecule has 4 nitrogen and oxygen atoms in total. The Kier molecular flexibility index (Phi) is 3.83. The summed E-state index contributed by atoms with van der Waals surface area (Å²) >= 11 is 0. The van der Waals surface area contributed by atoms with Gasteiger partial charge in [0.1, 0.15) is 0 Å². The number of rotatable bonds is 3. The number of carbonyl (C=O) groups is 1. The summed E-state index contributed by atoms with van der Waals surface area (Å²) in [6.45, 7) is 3.59. The second kappa shape index (κ2) is 6.13. The summed E-state index contributed by atoms with van der Waals surface area (Å²) in [6.07, 6.45) is 5.60. The highest BCUT2D eigenvalue weighted by Gasteiger charge is 2.34. The molecule has 4 rings (SSSR count). The highest BCUT2D eigenvalue weighted by Crippen LogP contribution is 2.30. The molecular formula is C19H21N3O. The number of hydrogen-bond acceptors (Lipinski definition) is 3. The van der Waals surface area contributed by atoms with Crippen LogP contribution < -0.4 is 4.90 Å². The number of fused-ring (bicyclic) bond motifs is 1. The van der Waals surface area contributed by atoms with Crippen molar-refractivity contribution in [2.45, 2.75) is 19.4 Å². The summed E-state index contributed by atoms with van der Waals surface area (Å²) in [5, 5.41) is 0. The summed E-state index contributed by atoms with van der Waals surface area (Å²) in [6, 6.07) is 12.4. The number of anilines is 1. The molecule has 1 unspecified atom stereocenters. The Labute approximate surface area is 136 Å². The molecule has 0 bridgehead atoms. The number of pyridine rings is 1. The first kappa shape index (κ1) is 14.4. The molecule has 118 valence electrons. The van der Waals surface area contributed by atoms with Crippen LogP contribution in [0.5, 0.6) is 0 Å². The Morgan fingerprint density at radius 2 is 1.96 bits per heavy atom. The van der Waals surface area contributed by atoms with Crippen LogP contribution in [0.2, 0.25) is 0 Å². The van der Waals surface area contributed by atoms with Crippen molar-refractivity contribution in [3.05, 3.63) is 59.9 Å². The molecule has 2 aromatic rings. The molecule has 3 heterocycles. The van der Waals surface area contributed by atoms with E-state index in [0.29, 0.717) is 5.91 Å². The summed E-state index contributed by atoms with van der Waals surface area (Å²) in [7, 11) is 0. The maximum Gasteiger partial charge on any atom is 0.231 e. The van der Waals surface area contributed by atoms with Gasteiger partial charge in [0.15, 0.2) is 0 Å². The Balaban J connectivity index is 1.41. The first-order chi connectivity index (χ1) is 11.3. The molecule has 1 saturated heterocycles. The average Bonchev–Trinajstić information content (AvgIpc) is 3.22. The molecule has 0 N–H and O–H groups in total. The van der Waals surface area contributed by atoms with Gasteiger partial charge in [0.25, 0.3) is 0 Å². The molecule has 0 saturated carbocycles. The van der Waals surface area contributed by atoms with Crippen LogP contribution in [0.3, 0.4) is 0 Å². The third-order valence-corrected chi connectivity index (χ3v) is 4.93. The lowest BCUT2D eigenvalue weighted by Gasteiger charge is -2.22. The Morgan fingerprint density at radius 1 is 1.13 bits per heavy atom. The van der Waals surface area contributed by atoms with Crippen LogP contribution in [0.15, 0.2) is 48.8 Å². The van der Waals surface area contributed by atoms with Crippen LogP contribution in [-0.2, 0) is 17.8 Å². The van der Waals surface area contributed by atoms with E-state index in [1.54, 1.807) is 0 Å². The average molecular weight is 307 g/mol. The molecular weight excluding hydrogens is 286 g/mol. The molecule has 4 heteroatoms. The van der Waals surface area contributed by atoms with Gasteiger partial charge < -0.3 is 4.90 Å². The van der Waals surface area contributed by atoms with Crippen LogP contribution in [0.1, 0.15) is 17.5 Å².